The third kappa shape index (κ3) is 6.43. The van der Waals surface area contributed by atoms with E-state index in [2.05, 4.69) is 19.2 Å². The summed E-state index contributed by atoms with van der Waals surface area (Å²) in [6.07, 6.45) is 1.23. The summed E-state index contributed by atoms with van der Waals surface area (Å²) < 4.78 is 0. The SMILES string of the molecule is CCC(NC(=O)CC(C)CC(=O)O)C(C)C. The van der Waals surface area contributed by atoms with Crippen molar-refractivity contribution in [2.24, 2.45) is 11.8 Å². The molecule has 0 aliphatic heterocycles. The van der Waals surface area contributed by atoms with Crippen molar-refractivity contribution in [1.29, 1.82) is 0 Å². The van der Waals surface area contributed by atoms with Gasteiger partial charge >= 0.3 is 5.97 Å². The zero-order valence-electron chi connectivity index (χ0n) is 10.6. The smallest absolute Gasteiger partial charge is 0.303 e. The van der Waals surface area contributed by atoms with Crippen LogP contribution in [-0.2, 0) is 9.59 Å². The van der Waals surface area contributed by atoms with Crippen molar-refractivity contribution in [3.8, 4) is 0 Å². The molecule has 2 unspecified atom stereocenters. The Hall–Kier alpha value is -1.06. The molecule has 1 amide bonds. The number of amides is 1. The van der Waals surface area contributed by atoms with Crippen LogP contribution in [0, 0.1) is 11.8 Å². The normalized spacial score (nSPS) is 14.6. The number of rotatable bonds is 7. The first-order chi connectivity index (χ1) is 7.36. The number of aliphatic carboxylic acids is 1. The zero-order chi connectivity index (χ0) is 12.7. The van der Waals surface area contributed by atoms with E-state index in [0.717, 1.165) is 6.42 Å². The standard InChI is InChI=1S/C12H23NO3/c1-5-10(8(2)3)13-11(14)6-9(4)7-12(15)16/h8-10H,5-7H2,1-4H3,(H,13,14)(H,15,16). The molecule has 0 saturated carbocycles. The molecule has 0 aliphatic rings. The Labute approximate surface area is 97.4 Å². The van der Waals surface area contributed by atoms with Crippen LogP contribution in [0.2, 0.25) is 0 Å². The molecule has 0 heterocycles. The quantitative estimate of drug-likeness (QED) is 0.702. The van der Waals surface area contributed by atoms with E-state index in [1.165, 1.54) is 0 Å². The van der Waals surface area contributed by atoms with E-state index in [-0.39, 0.29) is 30.7 Å². The molecule has 4 heteroatoms. The first-order valence-electron chi connectivity index (χ1n) is 5.87. The maximum atomic E-state index is 11.6. The van der Waals surface area contributed by atoms with Gasteiger partial charge in [0.05, 0.1) is 0 Å². The van der Waals surface area contributed by atoms with Crippen molar-refractivity contribution in [1.82, 2.24) is 5.32 Å². The highest BCUT2D eigenvalue weighted by molar-refractivity contribution is 5.77. The molecular weight excluding hydrogens is 206 g/mol. The van der Waals surface area contributed by atoms with Crippen LogP contribution in [0.5, 0.6) is 0 Å². The van der Waals surface area contributed by atoms with Crippen molar-refractivity contribution in [3.05, 3.63) is 0 Å². The van der Waals surface area contributed by atoms with Gasteiger partial charge in [0.15, 0.2) is 0 Å². The number of carboxylic acids is 1. The molecule has 4 nitrogen and oxygen atoms in total. The molecule has 0 fully saturated rings. The van der Waals surface area contributed by atoms with Crippen molar-refractivity contribution in [2.45, 2.75) is 53.0 Å². The summed E-state index contributed by atoms with van der Waals surface area (Å²) in [5.41, 5.74) is 0. The molecular formula is C12H23NO3. The number of carbonyl (C=O) groups excluding carboxylic acids is 1. The van der Waals surface area contributed by atoms with Crippen molar-refractivity contribution < 1.29 is 14.7 Å². The van der Waals surface area contributed by atoms with Crippen LogP contribution in [0.3, 0.4) is 0 Å². The summed E-state index contributed by atoms with van der Waals surface area (Å²) in [6.45, 7) is 7.94. The number of hydrogen-bond donors (Lipinski definition) is 2. The van der Waals surface area contributed by atoms with Crippen molar-refractivity contribution >= 4 is 11.9 Å². The molecule has 94 valence electrons. The van der Waals surface area contributed by atoms with Crippen LogP contribution in [-0.4, -0.2) is 23.0 Å². The first kappa shape index (κ1) is 14.9. The second kappa shape index (κ2) is 7.25. The van der Waals surface area contributed by atoms with Crippen molar-refractivity contribution in [2.75, 3.05) is 0 Å². The van der Waals surface area contributed by atoms with Crippen molar-refractivity contribution in [3.63, 3.8) is 0 Å². The lowest BCUT2D eigenvalue weighted by Crippen LogP contribution is -2.38. The van der Waals surface area contributed by atoms with E-state index >= 15 is 0 Å². The Morgan fingerprint density at radius 2 is 1.75 bits per heavy atom. The van der Waals surface area contributed by atoms with Gasteiger partial charge in [-0.05, 0) is 18.3 Å². The van der Waals surface area contributed by atoms with Gasteiger partial charge < -0.3 is 10.4 Å². The average Bonchev–Trinajstić information content (AvgIpc) is 2.11. The van der Waals surface area contributed by atoms with Crippen LogP contribution < -0.4 is 5.32 Å². The van der Waals surface area contributed by atoms with E-state index in [9.17, 15) is 9.59 Å². The van der Waals surface area contributed by atoms with E-state index in [4.69, 9.17) is 5.11 Å². The van der Waals surface area contributed by atoms with E-state index in [0.29, 0.717) is 5.92 Å². The highest BCUT2D eigenvalue weighted by Crippen LogP contribution is 2.10. The molecule has 0 rings (SSSR count). The molecule has 2 N–H and O–H groups in total. The molecule has 0 bridgehead atoms. The van der Waals surface area contributed by atoms with E-state index < -0.39 is 5.97 Å². The Kier molecular flexibility index (Phi) is 6.77. The van der Waals surface area contributed by atoms with Gasteiger partial charge in [0.25, 0.3) is 0 Å². The van der Waals surface area contributed by atoms with E-state index in [1.807, 2.05) is 6.92 Å². The minimum Gasteiger partial charge on any atom is -0.481 e. The molecule has 0 aromatic heterocycles. The molecule has 0 aliphatic carbocycles. The van der Waals surface area contributed by atoms with Crippen LogP contribution in [0.1, 0.15) is 47.0 Å². The predicted molar refractivity (Wildman–Crippen MR) is 63.1 cm³/mol. The lowest BCUT2D eigenvalue weighted by molar-refractivity contribution is -0.138. The van der Waals surface area contributed by atoms with Gasteiger partial charge in [-0.3, -0.25) is 9.59 Å². The first-order valence-corrected chi connectivity index (χ1v) is 5.87. The number of carboxylic acid groups (broad SMARTS) is 1. The zero-order valence-corrected chi connectivity index (χ0v) is 10.6. The molecule has 0 radical (unpaired) electrons. The van der Waals surface area contributed by atoms with Crippen LogP contribution in [0.25, 0.3) is 0 Å². The minimum absolute atomic E-state index is 0.0469. The second-order valence-electron chi connectivity index (χ2n) is 4.73. The summed E-state index contributed by atoms with van der Waals surface area (Å²) >= 11 is 0. The molecule has 16 heavy (non-hydrogen) atoms. The van der Waals surface area contributed by atoms with Gasteiger partial charge in [-0.2, -0.15) is 0 Å². The fourth-order valence-corrected chi connectivity index (χ4v) is 1.69. The molecule has 2 atom stereocenters. The highest BCUT2D eigenvalue weighted by Gasteiger charge is 2.17. The Balaban J connectivity index is 4.01. The van der Waals surface area contributed by atoms with Crippen LogP contribution in [0.15, 0.2) is 0 Å². The average molecular weight is 229 g/mol. The maximum Gasteiger partial charge on any atom is 0.303 e. The molecule has 0 saturated heterocycles. The van der Waals surface area contributed by atoms with Gasteiger partial charge in [-0.1, -0.05) is 27.7 Å². The summed E-state index contributed by atoms with van der Waals surface area (Å²) in [6, 6.07) is 0.185. The van der Waals surface area contributed by atoms with Gasteiger partial charge in [0, 0.05) is 18.9 Å². The number of carbonyl (C=O) groups is 2. The van der Waals surface area contributed by atoms with E-state index in [1.54, 1.807) is 6.92 Å². The van der Waals surface area contributed by atoms with Crippen LogP contribution in [0.4, 0.5) is 0 Å². The molecule has 0 aromatic rings. The van der Waals surface area contributed by atoms with Gasteiger partial charge in [0.2, 0.25) is 5.91 Å². The Morgan fingerprint density at radius 3 is 2.12 bits per heavy atom. The monoisotopic (exact) mass is 229 g/mol. The summed E-state index contributed by atoms with van der Waals surface area (Å²) in [4.78, 5) is 22.1. The van der Waals surface area contributed by atoms with Crippen LogP contribution >= 0.6 is 0 Å². The topological polar surface area (TPSA) is 66.4 Å². The predicted octanol–water partition coefficient (Wildman–Crippen LogP) is 2.04. The third-order valence-electron chi connectivity index (χ3n) is 2.65. The number of nitrogens with one attached hydrogen (secondary N) is 1. The minimum atomic E-state index is -0.851. The third-order valence-corrected chi connectivity index (χ3v) is 2.65. The largest absolute Gasteiger partial charge is 0.481 e. The lowest BCUT2D eigenvalue weighted by atomic mass is 10.00. The highest BCUT2D eigenvalue weighted by atomic mass is 16.4. The lowest BCUT2D eigenvalue weighted by Gasteiger charge is -2.21. The fourth-order valence-electron chi connectivity index (χ4n) is 1.69. The van der Waals surface area contributed by atoms with Gasteiger partial charge in [-0.15, -0.1) is 0 Å². The fraction of sp³-hybridized carbons (Fsp3) is 0.833. The Morgan fingerprint density at radius 1 is 1.19 bits per heavy atom. The second-order valence-corrected chi connectivity index (χ2v) is 4.73. The summed E-state index contributed by atoms with van der Waals surface area (Å²) in [5, 5.41) is 11.5. The molecule has 0 aromatic carbocycles. The summed E-state index contributed by atoms with van der Waals surface area (Å²) in [5.74, 6) is -0.601. The van der Waals surface area contributed by atoms with Gasteiger partial charge in [-0.25, -0.2) is 0 Å². The Bertz CT molecular complexity index is 238. The van der Waals surface area contributed by atoms with Gasteiger partial charge in [0.1, 0.15) is 0 Å². The molecule has 0 spiro atoms. The number of hydrogen-bond acceptors (Lipinski definition) is 2. The maximum absolute atomic E-state index is 11.6. The summed E-state index contributed by atoms with van der Waals surface area (Å²) in [7, 11) is 0.